The minimum atomic E-state index is 1.15. The second-order valence-electron chi connectivity index (χ2n) is 12.6. The third kappa shape index (κ3) is 4.06. The Labute approximate surface area is 278 Å². The molecule has 0 aliphatic rings. The Bertz CT molecular complexity index is 2780. The Morgan fingerprint density at radius 2 is 0.771 bits per heavy atom. The van der Waals surface area contributed by atoms with Crippen LogP contribution in [-0.4, -0.2) is 9.13 Å². The average Bonchev–Trinajstić information content (AvgIpc) is 3.67. The monoisotopic (exact) mass is 610 g/mol. The van der Waals surface area contributed by atoms with Crippen LogP contribution in [0, 0.1) is 0 Å². The van der Waals surface area contributed by atoms with E-state index in [0.717, 1.165) is 11.4 Å². The summed E-state index contributed by atoms with van der Waals surface area (Å²) in [6, 6.07) is 66.2. The molecule has 0 fully saturated rings. The van der Waals surface area contributed by atoms with Gasteiger partial charge in [-0.3, -0.25) is 0 Å². The lowest BCUT2D eigenvalue weighted by atomic mass is 10.0. The first-order valence-electron chi connectivity index (χ1n) is 16.5. The molecule has 0 amide bonds. The summed E-state index contributed by atoms with van der Waals surface area (Å²) < 4.78 is 4.88. The van der Waals surface area contributed by atoms with Gasteiger partial charge < -0.3 is 9.13 Å². The second kappa shape index (κ2) is 10.6. The van der Waals surface area contributed by atoms with Crippen LogP contribution < -0.4 is 0 Å². The van der Waals surface area contributed by atoms with Gasteiger partial charge in [0.1, 0.15) is 0 Å². The van der Waals surface area contributed by atoms with E-state index in [1.165, 1.54) is 76.6 Å². The molecule has 0 radical (unpaired) electrons. The van der Waals surface area contributed by atoms with E-state index in [2.05, 4.69) is 191 Å². The number of para-hydroxylation sites is 1. The summed E-state index contributed by atoms with van der Waals surface area (Å²) >= 11 is 0. The van der Waals surface area contributed by atoms with E-state index in [1.54, 1.807) is 0 Å². The Morgan fingerprint density at radius 1 is 0.271 bits per heavy atom. The van der Waals surface area contributed by atoms with Gasteiger partial charge in [0.05, 0.1) is 22.1 Å². The van der Waals surface area contributed by atoms with E-state index in [-0.39, 0.29) is 0 Å². The first kappa shape index (κ1) is 26.8. The predicted molar refractivity (Wildman–Crippen MR) is 203 cm³/mol. The van der Waals surface area contributed by atoms with Crippen molar-refractivity contribution < 1.29 is 0 Å². The third-order valence-electron chi connectivity index (χ3n) is 9.91. The summed E-state index contributed by atoms with van der Waals surface area (Å²) in [5.74, 6) is 0. The molecule has 0 bridgehead atoms. The van der Waals surface area contributed by atoms with E-state index in [9.17, 15) is 0 Å². The quantitative estimate of drug-likeness (QED) is 0.188. The normalized spacial score (nSPS) is 11.8. The smallest absolute Gasteiger partial charge is 0.0562 e. The highest BCUT2D eigenvalue weighted by molar-refractivity contribution is 6.25. The molecule has 2 heterocycles. The van der Waals surface area contributed by atoms with Gasteiger partial charge in [-0.1, -0.05) is 133 Å². The van der Waals surface area contributed by atoms with Crippen LogP contribution in [0.5, 0.6) is 0 Å². The fourth-order valence-corrected chi connectivity index (χ4v) is 7.67. The number of nitrogens with zero attached hydrogens (tertiary/aromatic N) is 2. The molecule has 48 heavy (non-hydrogen) atoms. The van der Waals surface area contributed by atoms with Crippen LogP contribution >= 0.6 is 0 Å². The molecular formula is C46H30N2. The fraction of sp³-hybridized carbons (Fsp3) is 0. The highest BCUT2D eigenvalue weighted by atomic mass is 15.0. The van der Waals surface area contributed by atoms with E-state index in [1.807, 2.05) is 0 Å². The topological polar surface area (TPSA) is 9.86 Å². The van der Waals surface area contributed by atoms with E-state index >= 15 is 0 Å². The summed E-state index contributed by atoms with van der Waals surface area (Å²) in [4.78, 5) is 0. The lowest BCUT2D eigenvalue weighted by Crippen LogP contribution is -1.96. The largest absolute Gasteiger partial charge is 0.309 e. The molecule has 8 aromatic carbocycles. The molecule has 0 aliphatic carbocycles. The highest BCUT2D eigenvalue weighted by Crippen LogP contribution is 2.42. The fourth-order valence-electron chi connectivity index (χ4n) is 7.67. The van der Waals surface area contributed by atoms with Crippen LogP contribution in [0.25, 0.3) is 88.0 Å². The van der Waals surface area contributed by atoms with E-state index < -0.39 is 0 Å². The average molecular weight is 611 g/mol. The van der Waals surface area contributed by atoms with Crippen molar-refractivity contribution in [2.75, 3.05) is 0 Å². The van der Waals surface area contributed by atoms with Crippen LogP contribution in [-0.2, 0) is 0 Å². The summed E-state index contributed by atoms with van der Waals surface area (Å²) in [5, 5.41) is 7.61. The van der Waals surface area contributed by atoms with Gasteiger partial charge in [0, 0.05) is 32.9 Å². The van der Waals surface area contributed by atoms with Crippen molar-refractivity contribution >= 4 is 54.4 Å². The first-order valence-corrected chi connectivity index (χ1v) is 16.5. The van der Waals surface area contributed by atoms with Crippen molar-refractivity contribution in [3.8, 4) is 33.6 Å². The zero-order chi connectivity index (χ0) is 31.6. The zero-order valence-electron chi connectivity index (χ0n) is 26.2. The van der Waals surface area contributed by atoms with Crippen LogP contribution in [0.3, 0.4) is 0 Å². The van der Waals surface area contributed by atoms with Crippen LogP contribution in [0.1, 0.15) is 0 Å². The molecule has 0 saturated heterocycles. The Hall–Kier alpha value is -6.38. The maximum atomic E-state index is 2.45. The molecule has 0 atom stereocenters. The number of hydrogen-bond donors (Lipinski definition) is 0. The summed E-state index contributed by atoms with van der Waals surface area (Å²) in [5.41, 5.74) is 12.0. The Morgan fingerprint density at radius 3 is 1.42 bits per heavy atom. The van der Waals surface area contributed by atoms with Crippen molar-refractivity contribution in [1.29, 1.82) is 0 Å². The molecule has 0 unspecified atom stereocenters. The molecule has 224 valence electrons. The number of hydrogen-bond acceptors (Lipinski definition) is 0. The van der Waals surface area contributed by atoms with Gasteiger partial charge in [-0.15, -0.1) is 0 Å². The minimum Gasteiger partial charge on any atom is -0.309 e. The van der Waals surface area contributed by atoms with Gasteiger partial charge in [0.25, 0.3) is 0 Å². The van der Waals surface area contributed by atoms with Gasteiger partial charge in [0.2, 0.25) is 0 Å². The standard InChI is InChI=1S/C46H30N2/c1-3-11-31(12-4-1)33-19-24-36(25-20-33)47-42-18-10-9-17-39(42)40-29-41-45(30-44(40)47)48(43-28-23-35-15-7-8-16-38(35)46(41)43)37-26-21-34(22-27-37)32-13-5-2-6-14-32/h1-30H. The summed E-state index contributed by atoms with van der Waals surface area (Å²) in [6.07, 6.45) is 0. The van der Waals surface area contributed by atoms with E-state index in [0.29, 0.717) is 0 Å². The van der Waals surface area contributed by atoms with Gasteiger partial charge in [0.15, 0.2) is 0 Å². The molecule has 0 spiro atoms. The van der Waals surface area contributed by atoms with Crippen LogP contribution in [0.15, 0.2) is 182 Å². The molecule has 0 N–H and O–H groups in total. The lowest BCUT2D eigenvalue weighted by molar-refractivity contribution is 1.17. The van der Waals surface area contributed by atoms with Crippen LogP contribution in [0.4, 0.5) is 0 Å². The molecule has 2 nitrogen and oxygen atoms in total. The van der Waals surface area contributed by atoms with Gasteiger partial charge in [-0.25, -0.2) is 0 Å². The molecule has 2 heteroatoms. The zero-order valence-corrected chi connectivity index (χ0v) is 26.2. The third-order valence-corrected chi connectivity index (χ3v) is 9.91. The number of aromatic nitrogens is 2. The van der Waals surface area contributed by atoms with Gasteiger partial charge in [-0.05, 0) is 81.6 Å². The summed E-state index contributed by atoms with van der Waals surface area (Å²) in [6.45, 7) is 0. The SMILES string of the molecule is c1ccc(-c2ccc(-n3c4ccccc4c4cc5c6c7ccccc7ccc6n(-c6ccc(-c7ccccc7)cc6)c5cc43)cc2)cc1. The Kier molecular flexibility index (Phi) is 5.91. The Balaban J connectivity index is 1.27. The molecular weight excluding hydrogens is 581 g/mol. The lowest BCUT2D eigenvalue weighted by Gasteiger charge is -2.11. The first-order chi connectivity index (χ1) is 23.8. The second-order valence-corrected chi connectivity index (χ2v) is 12.6. The maximum Gasteiger partial charge on any atom is 0.0562 e. The van der Waals surface area contributed by atoms with Gasteiger partial charge in [-0.2, -0.15) is 0 Å². The maximum absolute atomic E-state index is 2.45. The predicted octanol–water partition coefficient (Wildman–Crippen LogP) is 12.4. The number of benzene rings is 8. The molecule has 2 aromatic heterocycles. The molecule has 10 rings (SSSR count). The number of fused-ring (bicyclic) bond motifs is 8. The number of rotatable bonds is 4. The van der Waals surface area contributed by atoms with Crippen LogP contribution in [0.2, 0.25) is 0 Å². The molecule has 0 saturated carbocycles. The highest BCUT2D eigenvalue weighted by Gasteiger charge is 2.20. The molecule has 0 aliphatic heterocycles. The van der Waals surface area contributed by atoms with Crippen molar-refractivity contribution in [1.82, 2.24) is 9.13 Å². The van der Waals surface area contributed by atoms with Crippen molar-refractivity contribution in [2.45, 2.75) is 0 Å². The summed E-state index contributed by atoms with van der Waals surface area (Å²) in [7, 11) is 0. The van der Waals surface area contributed by atoms with Crippen molar-refractivity contribution in [2.24, 2.45) is 0 Å². The van der Waals surface area contributed by atoms with Crippen molar-refractivity contribution in [3.05, 3.63) is 182 Å². The van der Waals surface area contributed by atoms with Gasteiger partial charge >= 0.3 is 0 Å². The van der Waals surface area contributed by atoms with Crippen molar-refractivity contribution in [3.63, 3.8) is 0 Å². The minimum absolute atomic E-state index is 1.15. The molecule has 10 aromatic rings. The van der Waals surface area contributed by atoms with E-state index in [4.69, 9.17) is 0 Å².